The summed E-state index contributed by atoms with van der Waals surface area (Å²) >= 11 is 3.05. The molecule has 0 saturated heterocycles. The quantitative estimate of drug-likeness (QED) is 0.800. The zero-order chi connectivity index (χ0) is 12.5. The van der Waals surface area contributed by atoms with Crippen LogP contribution in [0.4, 0.5) is 8.78 Å². The Kier molecular flexibility index (Phi) is 3.88. The van der Waals surface area contributed by atoms with Crippen LogP contribution in [0.3, 0.4) is 0 Å². The Labute approximate surface area is 100 Å². The van der Waals surface area contributed by atoms with E-state index in [2.05, 4.69) is 15.9 Å². The van der Waals surface area contributed by atoms with Crippen LogP contribution in [0.1, 0.15) is 17.2 Å². The molecule has 0 unspecified atom stereocenters. The van der Waals surface area contributed by atoms with Crippen LogP contribution in [-0.4, -0.2) is 22.7 Å². The highest BCUT2D eigenvalue weighted by molar-refractivity contribution is 9.10. The standard InChI is InChI=1S/C10H12BrF2NO2/c1-5-2-3-6(11)7(8(5)16)9(14)10(12,13)4-15/h2-3,9,15-16H,4,14H2,1H3/t9-/m1/s1. The second-order valence-electron chi connectivity index (χ2n) is 3.52. The summed E-state index contributed by atoms with van der Waals surface area (Å²) in [5.74, 6) is -3.76. The lowest BCUT2D eigenvalue weighted by Crippen LogP contribution is -2.36. The highest BCUT2D eigenvalue weighted by Gasteiger charge is 2.39. The van der Waals surface area contributed by atoms with E-state index in [0.29, 0.717) is 5.56 Å². The molecular formula is C10H12BrF2NO2. The van der Waals surface area contributed by atoms with Gasteiger partial charge in [-0.3, -0.25) is 0 Å². The molecule has 0 spiro atoms. The smallest absolute Gasteiger partial charge is 0.289 e. The van der Waals surface area contributed by atoms with Crippen molar-refractivity contribution in [3.8, 4) is 5.75 Å². The summed E-state index contributed by atoms with van der Waals surface area (Å²) < 4.78 is 26.7. The van der Waals surface area contributed by atoms with E-state index in [1.54, 1.807) is 13.0 Å². The van der Waals surface area contributed by atoms with Crippen LogP contribution in [0.25, 0.3) is 0 Å². The average molecular weight is 296 g/mol. The number of aromatic hydroxyl groups is 1. The van der Waals surface area contributed by atoms with Crippen LogP contribution >= 0.6 is 15.9 Å². The summed E-state index contributed by atoms with van der Waals surface area (Å²) in [6.45, 7) is 0.211. The van der Waals surface area contributed by atoms with Gasteiger partial charge >= 0.3 is 0 Å². The number of phenolic OH excluding ortho intramolecular Hbond substituents is 1. The maximum Gasteiger partial charge on any atom is 0.289 e. The minimum Gasteiger partial charge on any atom is -0.507 e. The number of aliphatic hydroxyl groups is 1. The van der Waals surface area contributed by atoms with Crippen molar-refractivity contribution in [2.45, 2.75) is 18.9 Å². The number of hydrogen-bond acceptors (Lipinski definition) is 3. The van der Waals surface area contributed by atoms with Crippen molar-refractivity contribution in [2.24, 2.45) is 5.73 Å². The fraction of sp³-hybridized carbons (Fsp3) is 0.400. The number of halogens is 3. The monoisotopic (exact) mass is 295 g/mol. The van der Waals surface area contributed by atoms with Crippen molar-refractivity contribution in [3.05, 3.63) is 27.7 Å². The van der Waals surface area contributed by atoms with Gasteiger partial charge in [-0.2, -0.15) is 0 Å². The average Bonchev–Trinajstić information content (AvgIpc) is 2.24. The molecule has 90 valence electrons. The number of aliphatic hydroxyl groups excluding tert-OH is 1. The lowest BCUT2D eigenvalue weighted by atomic mass is 9.98. The number of nitrogens with two attached hydrogens (primary N) is 1. The highest BCUT2D eigenvalue weighted by Crippen LogP contribution is 2.39. The predicted molar refractivity (Wildman–Crippen MR) is 59.5 cm³/mol. The molecule has 3 nitrogen and oxygen atoms in total. The van der Waals surface area contributed by atoms with E-state index in [1.807, 2.05) is 0 Å². The van der Waals surface area contributed by atoms with E-state index in [1.165, 1.54) is 6.07 Å². The van der Waals surface area contributed by atoms with Crippen LogP contribution in [-0.2, 0) is 0 Å². The van der Waals surface area contributed by atoms with Crippen molar-refractivity contribution >= 4 is 15.9 Å². The van der Waals surface area contributed by atoms with Crippen molar-refractivity contribution in [2.75, 3.05) is 6.61 Å². The first-order valence-corrected chi connectivity index (χ1v) is 5.32. The molecule has 0 heterocycles. The summed E-state index contributed by atoms with van der Waals surface area (Å²) in [6.07, 6.45) is 0. The number of alkyl halides is 2. The number of phenols is 1. The van der Waals surface area contributed by atoms with E-state index in [4.69, 9.17) is 10.8 Å². The van der Waals surface area contributed by atoms with E-state index in [0.717, 1.165) is 0 Å². The van der Waals surface area contributed by atoms with Gasteiger partial charge in [0.15, 0.2) is 0 Å². The molecule has 1 aromatic carbocycles. The normalized spacial score (nSPS) is 13.9. The van der Waals surface area contributed by atoms with Gasteiger partial charge < -0.3 is 15.9 Å². The Bertz CT molecular complexity index is 399. The van der Waals surface area contributed by atoms with Crippen LogP contribution in [0.5, 0.6) is 5.75 Å². The summed E-state index contributed by atoms with van der Waals surface area (Å²) in [7, 11) is 0. The molecule has 4 N–H and O–H groups in total. The van der Waals surface area contributed by atoms with Gasteiger partial charge in [0.1, 0.15) is 18.4 Å². The molecule has 0 aliphatic carbocycles. The first-order chi connectivity index (χ1) is 7.31. The van der Waals surface area contributed by atoms with Gasteiger partial charge in [-0.05, 0) is 18.6 Å². The van der Waals surface area contributed by atoms with Gasteiger partial charge in [0.05, 0.1) is 0 Å². The Morgan fingerprint density at radius 3 is 2.56 bits per heavy atom. The van der Waals surface area contributed by atoms with Gasteiger partial charge in [-0.15, -0.1) is 0 Å². The van der Waals surface area contributed by atoms with Crippen LogP contribution in [0.2, 0.25) is 0 Å². The summed E-state index contributed by atoms with van der Waals surface area (Å²) in [4.78, 5) is 0. The molecular weight excluding hydrogens is 284 g/mol. The van der Waals surface area contributed by atoms with Gasteiger partial charge in [0.2, 0.25) is 0 Å². The maximum atomic E-state index is 13.2. The van der Waals surface area contributed by atoms with Crippen LogP contribution in [0.15, 0.2) is 16.6 Å². The Hall–Kier alpha value is -0.720. The van der Waals surface area contributed by atoms with E-state index < -0.39 is 18.6 Å². The second-order valence-corrected chi connectivity index (χ2v) is 4.38. The molecule has 1 rings (SSSR count). The van der Waals surface area contributed by atoms with Gasteiger partial charge in [-0.25, -0.2) is 8.78 Å². The molecule has 0 fully saturated rings. The first-order valence-electron chi connectivity index (χ1n) is 4.53. The minimum atomic E-state index is -3.48. The lowest BCUT2D eigenvalue weighted by Gasteiger charge is -2.24. The predicted octanol–water partition coefficient (Wildman–Crippen LogP) is 2.09. The second kappa shape index (κ2) is 4.65. The van der Waals surface area contributed by atoms with Crippen LogP contribution < -0.4 is 5.73 Å². The van der Waals surface area contributed by atoms with Gasteiger partial charge in [0, 0.05) is 10.0 Å². The number of rotatable bonds is 3. The Morgan fingerprint density at radius 1 is 1.50 bits per heavy atom. The zero-order valence-electron chi connectivity index (χ0n) is 8.54. The molecule has 1 aromatic rings. The largest absolute Gasteiger partial charge is 0.507 e. The van der Waals surface area contributed by atoms with Crippen molar-refractivity contribution in [3.63, 3.8) is 0 Å². The fourth-order valence-corrected chi connectivity index (χ4v) is 1.86. The van der Waals surface area contributed by atoms with Crippen molar-refractivity contribution in [1.29, 1.82) is 0 Å². The highest BCUT2D eigenvalue weighted by atomic mass is 79.9. The molecule has 0 radical (unpaired) electrons. The molecule has 16 heavy (non-hydrogen) atoms. The molecule has 6 heteroatoms. The molecule has 0 aromatic heterocycles. The van der Waals surface area contributed by atoms with Crippen LogP contribution in [0, 0.1) is 6.92 Å². The molecule has 1 atom stereocenters. The number of aryl methyl sites for hydroxylation is 1. The summed E-state index contributed by atoms with van der Waals surface area (Å²) in [5.41, 5.74) is 5.70. The van der Waals surface area contributed by atoms with E-state index >= 15 is 0 Å². The lowest BCUT2D eigenvalue weighted by molar-refractivity contribution is -0.0717. The molecule has 0 bridgehead atoms. The molecule has 0 aliphatic heterocycles. The third-order valence-corrected chi connectivity index (χ3v) is 3.03. The number of benzene rings is 1. The molecule has 0 aliphatic rings. The van der Waals surface area contributed by atoms with E-state index in [-0.39, 0.29) is 15.8 Å². The minimum absolute atomic E-state index is 0.0981. The topological polar surface area (TPSA) is 66.5 Å². The van der Waals surface area contributed by atoms with Crippen molar-refractivity contribution in [1.82, 2.24) is 0 Å². The molecule has 0 saturated carbocycles. The SMILES string of the molecule is Cc1ccc(Br)c([C@@H](N)C(F)(F)CO)c1O. The summed E-state index contributed by atoms with van der Waals surface area (Å²) in [6, 6.07) is 1.34. The van der Waals surface area contributed by atoms with Gasteiger partial charge in [0.25, 0.3) is 5.92 Å². The Morgan fingerprint density at radius 2 is 2.06 bits per heavy atom. The van der Waals surface area contributed by atoms with Gasteiger partial charge in [-0.1, -0.05) is 22.0 Å². The number of hydrogen-bond donors (Lipinski definition) is 3. The van der Waals surface area contributed by atoms with E-state index in [9.17, 15) is 13.9 Å². The fourth-order valence-electron chi connectivity index (χ4n) is 1.30. The molecule has 0 amide bonds. The zero-order valence-corrected chi connectivity index (χ0v) is 10.1. The third-order valence-electron chi connectivity index (χ3n) is 2.34. The first kappa shape index (κ1) is 13.3. The summed E-state index contributed by atoms with van der Waals surface area (Å²) in [5, 5.41) is 18.2. The van der Waals surface area contributed by atoms with Crippen molar-refractivity contribution < 1.29 is 19.0 Å². The Balaban J connectivity index is 3.28. The maximum absolute atomic E-state index is 13.2. The third kappa shape index (κ3) is 2.34.